The Morgan fingerprint density at radius 2 is 1.93 bits per heavy atom. The van der Waals surface area contributed by atoms with Gasteiger partial charge in [-0.1, -0.05) is 12.1 Å². The van der Waals surface area contributed by atoms with E-state index in [1.165, 1.54) is 9.75 Å². The molecule has 0 amide bonds. The Kier molecular flexibility index (Phi) is 13.7. The van der Waals surface area contributed by atoms with Crippen molar-refractivity contribution in [2.24, 2.45) is 4.99 Å². The van der Waals surface area contributed by atoms with Crippen LogP contribution in [0.25, 0.3) is 0 Å². The summed E-state index contributed by atoms with van der Waals surface area (Å²) >= 11 is 1.81. The van der Waals surface area contributed by atoms with Gasteiger partial charge in [0.25, 0.3) is 0 Å². The average molecular weight is 547 g/mol. The Morgan fingerprint density at radius 3 is 2.63 bits per heavy atom. The van der Waals surface area contributed by atoms with E-state index in [0.717, 1.165) is 50.1 Å². The maximum Gasteiger partial charge on any atom is 0.191 e. The van der Waals surface area contributed by atoms with Crippen LogP contribution >= 0.6 is 35.3 Å². The molecule has 168 valence electrons. The number of nitrogens with one attached hydrogen (secondary N) is 2. The summed E-state index contributed by atoms with van der Waals surface area (Å²) in [4.78, 5) is 9.53. The number of methoxy groups -OCH3 is 1. The fourth-order valence-corrected chi connectivity index (χ4v) is 3.51. The summed E-state index contributed by atoms with van der Waals surface area (Å²) in [5, 5.41) is 6.71. The molecule has 0 aliphatic heterocycles. The Labute approximate surface area is 202 Å². The third-order valence-corrected chi connectivity index (χ3v) is 5.31. The molecule has 1 aromatic heterocycles. The lowest BCUT2D eigenvalue weighted by molar-refractivity contribution is 0.150. The molecule has 0 radical (unpaired) electrons. The van der Waals surface area contributed by atoms with Crippen LogP contribution in [0.3, 0.4) is 0 Å². The van der Waals surface area contributed by atoms with Crippen molar-refractivity contribution in [1.29, 1.82) is 0 Å². The average Bonchev–Trinajstić information content (AvgIpc) is 3.14. The van der Waals surface area contributed by atoms with E-state index >= 15 is 0 Å². The van der Waals surface area contributed by atoms with Crippen LogP contribution in [-0.2, 0) is 17.8 Å². The quantitative estimate of drug-likeness (QED) is 0.241. The van der Waals surface area contributed by atoms with E-state index in [-0.39, 0.29) is 24.0 Å². The molecule has 2 N–H and O–H groups in total. The molecule has 0 bridgehead atoms. The summed E-state index contributed by atoms with van der Waals surface area (Å²) in [5.41, 5.74) is 1.12. The van der Waals surface area contributed by atoms with Crippen LogP contribution in [0.5, 0.6) is 5.75 Å². The molecule has 30 heavy (non-hydrogen) atoms. The Bertz CT molecular complexity index is 754. The minimum absolute atomic E-state index is 0. The molecule has 6 nitrogen and oxygen atoms in total. The highest BCUT2D eigenvalue weighted by atomic mass is 127. The number of halogens is 1. The first-order valence-corrected chi connectivity index (χ1v) is 10.9. The fourth-order valence-electron chi connectivity index (χ4n) is 2.67. The molecule has 0 spiro atoms. The zero-order chi connectivity index (χ0) is 20.9. The number of thiophene rings is 1. The highest BCUT2D eigenvalue weighted by molar-refractivity contribution is 14.0. The smallest absolute Gasteiger partial charge is 0.191 e. The van der Waals surface area contributed by atoms with Gasteiger partial charge in [-0.25, -0.2) is 4.99 Å². The van der Waals surface area contributed by atoms with Gasteiger partial charge in [-0.2, -0.15) is 0 Å². The largest absolute Gasteiger partial charge is 0.492 e. The normalized spacial score (nSPS) is 11.3. The standard InChI is InChI=1S/C22H34N4O2S.HI/c1-5-23-22(25-17-21-10-9-18(2)29-21)24-16-19-7-6-8-20(15-19)28-14-12-26(3)11-13-27-4;/h6-10,15H,5,11-14,16-17H2,1-4H3,(H2,23,24,25);1H. The molecule has 0 saturated carbocycles. The summed E-state index contributed by atoms with van der Waals surface area (Å²) in [6.45, 7) is 9.56. The Hall–Kier alpha value is -1.36. The predicted molar refractivity (Wildman–Crippen MR) is 137 cm³/mol. The fraction of sp³-hybridized carbons (Fsp3) is 0.500. The molecule has 0 aliphatic carbocycles. The summed E-state index contributed by atoms with van der Waals surface area (Å²) in [6.07, 6.45) is 0. The molecule has 0 unspecified atom stereocenters. The molecular formula is C22H35IN4O2S. The highest BCUT2D eigenvalue weighted by Crippen LogP contribution is 2.15. The van der Waals surface area contributed by atoms with Crippen LogP contribution in [0.15, 0.2) is 41.4 Å². The van der Waals surface area contributed by atoms with Crippen molar-refractivity contribution in [1.82, 2.24) is 15.5 Å². The molecule has 0 aliphatic rings. The van der Waals surface area contributed by atoms with Gasteiger partial charge in [0.1, 0.15) is 12.4 Å². The first kappa shape index (κ1) is 26.7. The van der Waals surface area contributed by atoms with Crippen molar-refractivity contribution in [2.45, 2.75) is 26.9 Å². The lowest BCUT2D eigenvalue weighted by atomic mass is 10.2. The summed E-state index contributed by atoms with van der Waals surface area (Å²) < 4.78 is 11.0. The van der Waals surface area contributed by atoms with Crippen molar-refractivity contribution < 1.29 is 9.47 Å². The van der Waals surface area contributed by atoms with Gasteiger partial charge in [0, 0.05) is 36.5 Å². The molecular weight excluding hydrogens is 511 g/mol. The first-order valence-electron chi connectivity index (χ1n) is 10.1. The number of rotatable bonds is 12. The predicted octanol–water partition coefficient (Wildman–Crippen LogP) is 3.89. The molecule has 1 heterocycles. The van der Waals surface area contributed by atoms with Crippen LogP contribution in [0, 0.1) is 6.92 Å². The van der Waals surface area contributed by atoms with Crippen molar-refractivity contribution in [3.63, 3.8) is 0 Å². The van der Waals surface area contributed by atoms with Crippen LogP contribution in [0.1, 0.15) is 22.2 Å². The summed E-state index contributed by atoms with van der Waals surface area (Å²) in [7, 11) is 3.79. The SMILES string of the molecule is CCNC(=NCc1cccc(OCCN(C)CCOC)c1)NCc1ccc(C)s1.I. The van der Waals surface area contributed by atoms with Gasteiger partial charge in [0.15, 0.2) is 5.96 Å². The number of aryl methyl sites for hydroxylation is 1. The third kappa shape index (κ3) is 10.6. The second kappa shape index (κ2) is 15.4. The number of ether oxygens (including phenoxy) is 2. The molecule has 2 aromatic rings. The zero-order valence-electron chi connectivity index (χ0n) is 18.4. The Morgan fingerprint density at radius 1 is 1.13 bits per heavy atom. The maximum atomic E-state index is 5.90. The van der Waals surface area contributed by atoms with E-state index in [4.69, 9.17) is 14.5 Å². The molecule has 2 rings (SSSR count). The van der Waals surface area contributed by atoms with Gasteiger partial charge in [-0.3, -0.25) is 0 Å². The van der Waals surface area contributed by atoms with Crippen molar-refractivity contribution in [3.8, 4) is 5.75 Å². The van der Waals surface area contributed by atoms with Gasteiger partial charge >= 0.3 is 0 Å². The third-order valence-electron chi connectivity index (χ3n) is 4.31. The minimum Gasteiger partial charge on any atom is -0.492 e. The number of likely N-dealkylation sites (N-methyl/N-ethyl adjacent to an activating group) is 1. The number of hydrogen-bond donors (Lipinski definition) is 2. The van der Waals surface area contributed by atoms with Crippen LogP contribution in [0.2, 0.25) is 0 Å². The number of hydrogen-bond acceptors (Lipinski definition) is 5. The van der Waals surface area contributed by atoms with Gasteiger partial charge in [-0.05, 0) is 50.7 Å². The maximum absolute atomic E-state index is 5.90. The van der Waals surface area contributed by atoms with Crippen LogP contribution < -0.4 is 15.4 Å². The highest BCUT2D eigenvalue weighted by Gasteiger charge is 2.03. The van der Waals surface area contributed by atoms with Gasteiger partial charge < -0.3 is 25.0 Å². The van der Waals surface area contributed by atoms with E-state index < -0.39 is 0 Å². The number of aliphatic imine (C=N–C) groups is 1. The van der Waals surface area contributed by atoms with E-state index in [1.807, 2.05) is 12.1 Å². The van der Waals surface area contributed by atoms with Gasteiger partial charge in [-0.15, -0.1) is 35.3 Å². The second-order valence-electron chi connectivity index (χ2n) is 6.85. The Balaban J connectivity index is 0.00000450. The molecule has 0 saturated heterocycles. The minimum atomic E-state index is 0. The topological polar surface area (TPSA) is 58.1 Å². The van der Waals surface area contributed by atoms with Gasteiger partial charge in [0.2, 0.25) is 0 Å². The van der Waals surface area contributed by atoms with Crippen molar-refractivity contribution in [3.05, 3.63) is 51.7 Å². The number of benzene rings is 1. The van der Waals surface area contributed by atoms with Crippen molar-refractivity contribution >= 4 is 41.3 Å². The van der Waals surface area contributed by atoms with Crippen LogP contribution in [-0.4, -0.2) is 57.9 Å². The summed E-state index contributed by atoms with van der Waals surface area (Å²) in [5.74, 6) is 1.70. The van der Waals surface area contributed by atoms with E-state index in [0.29, 0.717) is 13.2 Å². The zero-order valence-corrected chi connectivity index (χ0v) is 21.6. The second-order valence-corrected chi connectivity index (χ2v) is 8.23. The van der Waals surface area contributed by atoms with Crippen LogP contribution in [0.4, 0.5) is 0 Å². The van der Waals surface area contributed by atoms with Crippen molar-refractivity contribution in [2.75, 3.05) is 47.0 Å². The molecule has 1 aromatic carbocycles. The van der Waals surface area contributed by atoms with Gasteiger partial charge in [0.05, 0.1) is 19.7 Å². The molecule has 0 atom stereocenters. The van der Waals surface area contributed by atoms with E-state index in [2.05, 4.69) is 60.7 Å². The molecule has 0 fully saturated rings. The molecule has 8 heteroatoms. The van der Waals surface area contributed by atoms with E-state index in [9.17, 15) is 0 Å². The lowest BCUT2D eigenvalue weighted by Gasteiger charge is -2.16. The summed E-state index contributed by atoms with van der Waals surface area (Å²) in [6, 6.07) is 12.4. The number of nitrogens with zero attached hydrogens (tertiary/aromatic N) is 2. The monoisotopic (exact) mass is 546 g/mol. The van der Waals surface area contributed by atoms with E-state index in [1.54, 1.807) is 18.4 Å². The first-order chi connectivity index (χ1) is 14.1. The number of guanidine groups is 1. The lowest BCUT2D eigenvalue weighted by Crippen LogP contribution is -2.36.